The van der Waals surface area contributed by atoms with Gasteiger partial charge in [0.05, 0.1) is 0 Å². The van der Waals surface area contributed by atoms with Gasteiger partial charge in [-0.25, -0.2) is 0 Å². The van der Waals surface area contributed by atoms with Crippen molar-refractivity contribution in [2.75, 3.05) is 0 Å². The number of hydrogen-bond donors (Lipinski definition) is 0. The van der Waals surface area contributed by atoms with E-state index in [4.69, 9.17) is 0 Å². The van der Waals surface area contributed by atoms with Gasteiger partial charge >= 0.3 is 0 Å². The van der Waals surface area contributed by atoms with E-state index in [1.54, 1.807) is 11.1 Å². The Balaban J connectivity index is 2.11. The zero-order chi connectivity index (χ0) is 10.6. The van der Waals surface area contributed by atoms with Crippen LogP contribution in [0.1, 0.15) is 46.0 Å². The van der Waals surface area contributed by atoms with Crippen LogP contribution in [0.4, 0.5) is 0 Å². The summed E-state index contributed by atoms with van der Waals surface area (Å²) in [6.45, 7) is 4.47. The van der Waals surface area contributed by atoms with Crippen LogP contribution in [0.5, 0.6) is 0 Å². The van der Waals surface area contributed by atoms with Crippen molar-refractivity contribution >= 4 is 5.78 Å². The summed E-state index contributed by atoms with van der Waals surface area (Å²) < 4.78 is 0. The van der Waals surface area contributed by atoms with E-state index >= 15 is 0 Å². The maximum atomic E-state index is 12.0. The lowest BCUT2D eigenvalue weighted by Gasteiger charge is -2.20. The third kappa shape index (κ3) is 1.18. The van der Waals surface area contributed by atoms with Crippen LogP contribution in [0, 0.1) is 11.3 Å². The number of rotatable bonds is 0. The maximum Gasteiger partial charge on any atom is 0.141 e. The van der Waals surface area contributed by atoms with Gasteiger partial charge in [-0.2, -0.15) is 0 Å². The third-order valence-electron chi connectivity index (χ3n) is 4.53. The van der Waals surface area contributed by atoms with Crippen LogP contribution < -0.4 is 0 Å². The Bertz CT molecular complexity index is 400. The Hall–Kier alpha value is -0.850. The third-order valence-corrected chi connectivity index (χ3v) is 4.53. The lowest BCUT2D eigenvalue weighted by molar-refractivity contribution is -0.120. The van der Waals surface area contributed by atoms with E-state index in [9.17, 15) is 4.79 Å². The molecule has 80 valence electrons. The number of Topliss-reactive ketones (excluding diaryl/α,β-unsaturated/α-hetero) is 1. The number of ketones is 1. The van der Waals surface area contributed by atoms with Gasteiger partial charge in [-0.3, -0.25) is 4.79 Å². The van der Waals surface area contributed by atoms with E-state index in [-0.39, 0.29) is 11.3 Å². The lowest BCUT2D eigenvalue weighted by atomic mass is 9.83. The molecule has 0 aromatic heterocycles. The first kappa shape index (κ1) is 9.38. The fourth-order valence-electron chi connectivity index (χ4n) is 3.77. The topological polar surface area (TPSA) is 17.1 Å². The quantitative estimate of drug-likeness (QED) is 0.550. The molecule has 0 aromatic rings. The van der Waals surface area contributed by atoms with Crippen molar-refractivity contribution in [3.63, 3.8) is 0 Å². The summed E-state index contributed by atoms with van der Waals surface area (Å²) in [7, 11) is 0. The van der Waals surface area contributed by atoms with Crippen molar-refractivity contribution in [1.82, 2.24) is 0 Å². The van der Waals surface area contributed by atoms with Crippen LogP contribution in [0.25, 0.3) is 0 Å². The monoisotopic (exact) mass is 202 g/mol. The van der Waals surface area contributed by atoms with Gasteiger partial charge in [-0.05, 0) is 38.0 Å². The molecule has 0 radical (unpaired) electrons. The summed E-state index contributed by atoms with van der Waals surface area (Å²) in [4.78, 5) is 12.0. The van der Waals surface area contributed by atoms with Crippen LogP contribution >= 0.6 is 0 Å². The molecule has 2 atom stereocenters. The highest BCUT2D eigenvalue weighted by molar-refractivity contribution is 5.90. The van der Waals surface area contributed by atoms with E-state index < -0.39 is 0 Å². The second-order valence-electron chi connectivity index (χ2n) is 5.73. The fraction of sp³-hybridized carbons (Fsp3) is 0.643. The second-order valence-corrected chi connectivity index (χ2v) is 5.73. The molecule has 1 fully saturated rings. The van der Waals surface area contributed by atoms with Gasteiger partial charge in [0.2, 0.25) is 0 Å². The summed E-state index contributed by atoms with van der Waals surface area (Å²) >= 11 is 0. The van der Waals surface area contributed by atoms with Crippen molar-refractivity contribution < 1.29 is 4.79 Å². The maximum absolute atomic E-state index is 12.0. The van der Waals surface area contributed by atoms with Crippen LogP contribution in [0.15, 0.2) is 22.8 Å². The second kappa shape index (κ2) is 2.84. The fourth-order valence-corrected chi connectivity index (χ4v) is 3.77. The van der Waals surface area contributed by atoms with E-state index in [2.05, 4.69) is 19.9 Å². The number of allylic oxidation sites excluding steroid dienone is 4. The van der Waals surface area contributed by atoms with Gasteiger partial charge in [0.1, 0.15) is 5.78 Å². The van der Waals surface area contributed by atoms with E-state index in [1.807, 2.05) is 0 Å². The molecular weight excluding hydrogens is 184 g/mol. The first-order valence-electron chi connectivity index (χ1n) is 6.01. The first-order valence-corrected chi connectivity index (χ1v) is 6.01. The summed E-state index contributed by atoms with van der Waals surface area (Å²) in [5.74, 6) is 0.755. The predicted molar refractivity (Wildman–Crippen MR) is 60.5 cm³/mol. The number of carbonyl (C=O) groups is 1. The van der Waals surface area contributed by atoms with Crippen molar-refractivity contribution in [1.29, 1.82) is 0 Å². The lowest BCUT2D eigenvalue weighted by Crippen LogP contribution is -2.11. The molecule has 0 spiro atoms. The Kier molecular flexibility index (Phi) is 1.78. The largest absolute Gasteiger partial charge is 0.299 e. The van der Waals surface area contributed by atoms with Gasteiger partial charge in [-0.15, -0.1) is 0 Å². The summed E-state index contributed by atoms with van der Waals surface area (Å²) in [6.07, 6.45) is 7.70. The normalized spacial score (nSPS) is 39.2. The smallest absolute Gasteiger partial charge is 0.141 e. The average molecular weight is 202 g/mol. The molecule has 3 aliphatic carbocycles. The first-order chi connectivity index (χ1) is 7.10. The van der Waals surface area contributed by atoms with Crippen LogP contribution in [0.3, 0.4) is 0 Å². The minimum atomic E-state index is 0.246. The van der Waals surface area contributed by atoms with Crippen LogP contribution in [-0.2, 0) is 4.79 Å². The average Bonchev–Trinajstić information content (AvgIpc) is 2.51. The summed E-state index contributed by atoms with van der Waals surface area (Å²) in [6, 6.07) is 0. The number of carbonyl (C=O) groups excluding carboxylic acids is 1. The standard InChI is InChI=1S/C14H18O/c1-9-3-4-10-5-6-14(2)8-12(15)11(7-9)13(10)14/h3,11H,4-8H2,1-2H3/t11?,14-/m1/s1. The summed E-state index contributed by atoms with van der Waals surface area (Å²) in [5.41, 5.74) is 4.79. The molecule has 0 aromatic carbocycles. The Morgan fingerprint density at radius 1 is 1.47 bits per heavy atom. The molecule has 1 nitrogen and oxygen atoms in total. The van der Waals surface area contributed by atoms with E-state index in [1.165, 1.54) is 18.4 Å². The highest BCUT2D eigenvalue weighted by Crippen LogP contribution is 2.57. The zero-order valence-corrected chi connectivity index (χ0v) is 9.60. The highest BCUT2D eigenvalue weighted by atomic mass is 16.1. The Morgan fingerprint density at radius 2 is 2.27 bits per heavy atom. The Morgan fingerprint density at radius 3 is 3.07 bits per heavy atom. The van der Waals surface area contributed by atoms with Crippen molar-refractivity contribution in [2.45, 2.75) is 46.0 Å². The van der Waals surface area contributed by atoms with Crippen molar-refractivity contribution in [3.8, 4) is 0 Å². The molecule has 0 saturated heterocycles. The summed E-state index contributed by atoms with van der Waals surface area (Å²) in [5, 5.41) is 0. The van der Waals surface area contributed by atoms with Gasteiger partial charge in [0.15, 0.2) is 0 Å². The van der Waals surface area contributed by atoms with Gasteiger partial charge in [0.25, 0.3) is 0 Å². The molecule has 1 saturated carbocycles. The highest BCUT2D eigenvalue weighted by Gasteiger charge is 2.49. The van der Waals surface area contributed by atoms with Crippen LogP contribution in [-0.4, -0.2) is 5.78 Å². The minimum absolute atomic E-state index is 0.246. The van der Waals surface area contributed by atoms with Crippen molar-refractivity contribution in [2.24, 2.45) is 11.3 Å². The number of hydrogen-bond acceptors (Lipinski definition) is 1. The molecule has 15 heavy (non-hydrogen) atoms. The molecule has 0 heterocycles. The SMILES string of the molecule is CC1=CCC2=C3C(C1)C(=O)C[C@@]3(C)CC2. The molecule has 0 amide bonds. The predicted octanol–water partition coefficient (Wildman–Crippen LogP) is 3.41. The molecule has 3 rings (SSSR count). The van der Waals surface area contributed by atoms with Gasteiger partial charge in [-0.1, -0.05) is 29.7 Å². The Labute approximate surface area is 91.2 Å². The van der Waals surface area contributed by atoms with Gasteiger partial charge < -0.3 is 0 Å². The molecule has 1 unspecified atom stereocenters. The van der Waals surface area contributed by atoms with E-state index in [0.29, 0.717) is 5.78 Å². The molecule has 3 aliphatic rings. The zero-order valence-electron chi connectivity index (χ0n) is 9.60. The van der Waals surface area contributed by atoms with Gasteiger partial charge in [0, 0.05) is 12.3 Å². The molecule has 0 bridgehead atoms. The molecule has 0 N–H and O–H groups in total. The molecule has 1 heteroatoms. The van der Waals surface area contributed by atoms with Crippen molar-refractivity contribution in [3.05, 3.63) is 22.8 Å². The van der Waals surface area contributed by atoms with Crippen LogP contribution in [0.2, 0.25) is 0 Å². The molecular formula is C14H18O. The minimum Gasteiger partial charge on any atom is -0.299 e. The van der Waals surface area contributed by atoms with E-state index in [0.717, 1.165) is 19.3 Å². The molecule has 0 aliphatic heterocycles.